The number of halogens is 1. The van der Waals surface area contributed by atoms with E-state index in [1.807, 2.05) is 18.2 Å². The monoisotopic (exact) mass is 509 g/mol. The predicted octanol–water partition coefficient (Wildman–Crippen LogP) is 5.68. The van der Waals surface area contributed by atoms with Crippen LogP contribution in [-0.2, 0) is 4.79 Å². The number of benzene rings is 3. The number of hydrogen-bond donors (Lipinski definition) is 0. The molecule has 0 spiro atoms. The smallest absolute Gasteiger partial charge is 0.345 e. The Kier molecular flexibility index (Phi) is 7.74. The van der Waals surface area contributed by atoms with Gasteiger partial charge in [0.25, 0.3) is 11.1 Å². The van der Waals surface area contributed by atoms with E-state index < -0.39 is 11.9 Å². The Labute approximate surface area is 211 Å². The van der Waals surface area contributed by atoms with E-state index in [-0.39, 0.29) is 45.4 Å². The van der Waals surface area contributed by atoms with Gasteiger partial charge in [0.05, 0.1) is 29.1 Å². The van der Waals surface area contributed by atoms with Gasteiger partial charge in [-0.05, 0) is 59.8 Å². The Bertz CT molecular complexity index is 1290. The summed E-state index contributed by atoms with van der Waals surface area (Å²) in [4.78, 5) is 39.0. The number of thioether (sulfide) groups is 1. The first-order valence-corrected chi connectivity index (χ1v) is 11.7. The minimum Gasteiger partial charge on any atom is -0.493 e. The fourth-order valence-electron chi connectivity index (χ4n) is 3.26. The molecule has 35 heavy (non-hydrogen) atoms. The first-order valence-electron chi connectivity index (χ1n) is 10.5. The molecule has 1 aliphatic rings. The summed E-state index contributed by atoms with van der Waals surface area (Å²) < 4.78 is 16.4. The van der Waals surface area contributed by atoms with Crippen molar-refractivity contribution < 1.29 is 28.6 Å². The van der Waals surface area contributed by atoms with Gasteiger partial charge >= 0.3 is 5.97 Å². The third kappa shape index (κ3) is 5.85. The van der Waals surface area contributed by atoms with Crippen molar-refractivity contribution in [1.29, 1.82) is 0 Å². The highest BCUT2D eigenvalue weighted by molar-refractivity contribution is 8.18. The molecule has 7 nitrogen and oxygen atoms in total. The molecule has 1 heterocycles. The minimum absolute atomic E-state index is 0.136. The van der Waals surface area contributed by atoms with Gasteiger partial charge in [0, 0.05) is 0 Å². The second-order valence-corrected chi connectivity index (χ2v) is 8.67. The van der Waals surface area contributed by atoms with E-state index in [2.05, 4.69) is 0 Å². The van der Waals surface area contributed by atoms with Crippen LogP contribution in [0.5, 0.6) is 17.2 Å². The normalized spacial score (nSPS) is 14.3. The van der Waals surface area contributed by atoms with E-state index in [0.29, 0.717) is 11.3 Å². The van der Waals surface area contributed by atoms with E-state index in [1.165, 1.54) is 7.11 Å². The maximum absolute atomic E-state index is 12.8. The molecule has 178 valence electrons. The number of methoxy groups -OCH3 is 1. The zero-order chi connectivity index (χ0) is 24.8. The summed E-state index contributed by atoms with van der Waals surface area (Å²) in [7, 11) is 1.44. The van der Waals surface area contributed by atoms with Crippen LogP contribution in [0.15, 0.2) is 77.7 Å². The summed E-state index contributed by atoms with van der Waals surface area (Å²) in [5.41, 5.74) is 0.829. The van der Waals surface area contributed by atoms with Gasteiger partial charge in [-0.15, -0.1) is 0 Å². The Morgan fingerprint density at radius 1 is 1.00 bits per heavy atom. The first kappa shape index (κ1) is 24.4. The zero-order valence-corrected chi connectivity index (χ0v) is 20.2. The maximum Gasteiger partial charge on any atom is 0.345 e. The number of carbonyl (C=O) groups excluding carboxylic acids is 3. The van der Waals surface area contributed by atoms with Crippen molar-refractivity contribution in [1.82, 2.24) is 4.90 Å². The Morgan fingerprint density at radius 2 is 1.74 bits per heavy atom. The average molecular weight is 510 g/mol. The fourth-order valence-corrected chi connectivity index (χ4v) is 4.33. The molecule has 0 aromatic heterocycles. The summed E-state index contributed by atoms with van der Waals surface area (Å²) in [6.45, 7) is 0.325. The lowest BCUT2D eigenvalue weighted by Gasteiger charge is -2.13. The van der Waals surface area contributed by atoms with Gasteiger partial charge in [-0.25, -0.2) is 4.79 Å². The third-order valence-corrected chi connectivity index (χ3v) is 6.22. The number of esters is 1. The largest absolute Gasteiger partial charge is 0.493 e. The first-order chi connectivity index (χ1) is 17.0. The van der Waals surface area contributed by atoms with Crippen LogP contribution in [0.2, 0.25) is 5.02 Å². The number of rotatable bonds is 8. The minimum atomic E-state index is -0.625. The van der Waals surface area contributed by atoms with Crippen LogP contribution in [0.1, 0.15) is 15.9 Å². The van der Waals surface area contributed by atoms with E-state index in [9.17, 15) is 14.4 Å². The highest BCUT2D eigenvalue weighted by Crippen LogP contribution is 2.35. The predicted molar refractivity (Wildman–Crippen MR) is 134 cm³/mol. The van der Waals surface area contributed by atoms with E-state index in [0.717, 1.165) is 16.7 Å². The van der Waals surface area contributed by atoms with Gasteiger partial charge in [-0.3, -0.25) is 14.5 Å². The van der Waals surface area contributed by atoms with Gasteiger partial charge in [-0.2, -0.15) is 0 Å². The van der Waals surface area contributed by atoms with Crippen molar-refractivity contribution in [3.05, 3.63) is 93.9 Å². The van der Waals surface area contributed by atoms with Crippen LogP contribution >= 0.6 is 23.4 Å². The molecule has 4 rings (SSSR count). The van der Waals surface area contributed by atoms with Crippen molar-refractivity contribution in [3.8, 4) is 17.2 Å². The lowest BCUT2D eigenvalue weighted by Crippen LogP contribution is -2.32. The van der Waals surface area contributed by atoms with Crippen LogP contribution < -0.4 is 14.2 Å². The highest BCUT2D eigenvalue weighted by Gasteiger charge is 2.34. The molecule has 0 bridgehead atoms. The SMILES string of the molecule is COc1cc(/C=C2\SC(=O)N(CCOc3ccccc3)C2=O)ccc1OC(=O)c1ccccc1Cl. The summed E-state index contributed by atoms with van der Waals surface area (Å²) in [5.74, 6) is 0.123. The molecule has 0 aliphatic carbocycles. The van der Waals surface area contributed by atoms with Gasteiger partial charge in [0.15, 0.2) is 11.5 Å². The standard InChI is InChI=1S/C26H20ClNO6S/c1-32-22-15-17(11-12-21(22)34-25(30)19-9-5-6-10-20(19)27)16-23-24(29)28(26(31)35-23)13-14-33-18-7-3-2-4-8-18/h2-12,15-16H,13-14H2,1H3/b23-16-. The maximum atomic E-state index is 12.8. The lowest BCUT2D eigenvalue weighted by molar-refractivity contribution is -0.123. The molecule has 3 aromatic carbocycles. The number of nitrogens with zero attached hydrogens (tertiary/aromatic N) is 1. The van der Waals surface area contributed by atoms with Gasteiger partial charge in [0.2, 0.25) is 0 Å². The van der Waals surface area contributed by atoms with Crippen LogP contribution in [-0.4, -0.2) is 42.3 Å². The van der Waals surface area contributed by atoms with Gasteiger partial charge < -0.3 is 14.2 Å². The highest BCUT2D eigenvalue weighted by atomic mass is 35.5. The summed E-state index contributed by atoms with van der Waals surface area (Å²) in [6, 6.07) is 20.5. The van der Waals surface area contributed by atoms with Crippen LogP contribution in [0.3, 0.4) is 0 Å². The summed E-state index contributed by atoms with van der Waals surface area (Å²) in [6.07, 6.45) is 1.59. The molecule has 1 aliphatic heterocycles. The number of carbonyl (C=O) groups is 3. The van der Waals surface area contributed by atoms with E-state index in [4.69, 9.17) is 25.8 Å². The molecule has 0 radical (unpaired) electrons. The van der Waals surface area contributed by atoms with Gasteiger partial charge in [-0.1, -0.05) is 48.0 Å². The molecular weight excluding hydrogens is 490 g/mol. The quantitative estimate of drug-likeness (QED) is 0.219. The van der Waals surface area contributed by atoms with Crippen molar-refractivity contribution >= 4 is 46.6 Å². The lowest BCUT2D eigenvalue weighted by atomic mass is 10.1. The number of ether oxygens (including phenoxy) is 3. The molecule has 0 N–H and O–H groups in total. The molecular formula is C26H20ClNO6S. The molecule has 9 heteroatoms. The van der Waals surface area contributed by atoms with E-state index in [1.54, 1.807) is 60.7 Å². The summed E-state index contributed by atoms with van der Waals surface area (Å²) >= 11 is 6.92. The molecule has 3 aromatic rings. The number of para-hydroxylation sites is 1. The van der Waals surface area contributed by atoms with Crippen LogP contribution in [0.25, 0.3) is 6.08 Å². The topological polar surface area (TPSA) is 82.1 Å². The van der Waals surface area contributed by atoms with Crippen molar-refractivity contribution in [2.75, 3.05) is 20.3 Å². The second kappa shape index (κ2) is 11.1. The Hall–Kier alpha value is -3.75. The van der Waals surface area contributed by atoms with Gasteiger partial charge in [0.1, 0.15) is 12.4 Å². The zero-order valence-electron chi connectivity index (χ0n) is 18.6. The van der Waals surface area contributed by atoms with Crippen molar-refractivity contribution in [2.24, 2.45) is 0 Å². The number of hydrogen-bond acceptors (Lipinski definition) is 7. The molecule has 0 atom stereocenters. The van der Waals surface area contributed by atoms with Crippen molar-refractivity contribution in [3.63, 3.8) is 0 Å². The van der Waals surface area contributed by atoms with Crippen LogP contribution in [0, 0.1) is 0 Å². The van der Waals surface area contributed by atoms with E-state index >= 15 is 0 Å². The third-order valence-electron chi connectivity index (χ3n) is 4.98. The molecule has 1 fully saturated rings. The molecule has 2 amide bonds. The number of amides is 2. The van der Waals surface area contributed by atoms with Crippen LogP contribution in [0.4, 0.5) is 4.79 Å². The Balaban J connectivity index is 1.44. The molecule has 0 unspecified atom stereocenters. The molecule has 1 saturated heterocycles. The number of imide groups is 1. The second-order valence-electron chi connectivity index (χ2n) is 7.27. The van der Waals surface area contributed by atoms with Crippen molar-refractivity contribution in [2.45, 2.75) is 0 Å². The average Bonchev–Trinajstić information content (AvgIpc) is 3.13. The molecule has 0 saturated carbocycles. The fraction of sp³-hybridized carbons (Fsp3) is 0.115. The summed E-state index contributed by atoms with van der Waals surface area (Å²) in [5, 5.41) is -0.0897. The Morgan fingerprint density at radius 3 is 2.49 bits per heavy atom.